The molecule has 1 aromatic carbocycles. The Morgan fingerprint density at radius 2 is 1.89 bits per heavy atom. The van der Waals surface area contributed by atoms with Crippen molar-refractivity contribution in [1.29, 1.82) is 0 Å². The Morgan fingerprint density at radius 3 is 2.47 bits per heavy atom. The lowest BCUT2D eigenvalue weighted by Gasteiger charge is -2.30. The highest BCUT2D eigenvalue weighted by Crippen LogP contribution is 2.40. The van der Waals surface area contributed by atoms with Gasteiger partial charge in [-0.2, -0.15) is 13.2 Å². The van der Waals surface area contributed by atoms with Crippen molar-refractivity contribution in [3.8, 4) is 0 Å². The van der Waals surface area contributed by atoms with Crippen LogP contribution in [-0.2, 0) is 4.79 Å². The molecule has 0 radical (unpaired) electrons. The van der Waals surface area contributed by atoms with E-state index in [1.807, 2.05) is 0 Å². The topological polar surface area (TPSA) is 37.4 Å². The van der Waals surface area contributed by atoms with Gasteiger partial charge in [-0.05, 0) is 12.1 Å². The van der Waals surface area contributed by atoms with E-state index in [0.717, 1.165) is 0 Å². The summed E-state index contributed by atoms with van der Waals surface area (Å²) >= 11 is 11.5. The number of hydrogen-bond donors (Lipinski definition) is 0. The molecule has 2 rings (SSSR count). The monoisotopic (exact) mass is 311 g/mol. The van der Waals surface area contributed by atoms with Gasteiger partial charge in [0.1, 0.15) is 0 Å². The largest absolute Gasteiger partial charge is 0.471 e. The maximum atomic E-state index is 12.5. The number of rotatable bonds is 0. The third-order valence-electron chi connectivity index (χ3n) is 2.69. The predicted molar refractivity (Wildman–Crippen MR) is 63.8 cm³/mol. The molecule has 102 valence electrons. The molecule has 0 atom stereocenters. The van der Waals surface area contributed by atoms with Crippen molar-refractivity contribution in [1.82, 2.24) is 0 Å². The first kappa shape index (κ1) is 14.1. The number of nitrogens with zero attached hydrogens (tertiary/aromatic N) is 1. The molecule has 19 heavy (non-hydrogen) atoms. The number of ketones is 1. The van der Waals surface area contributed by atoms with E-state index < -0.39 is 12.1 Å². The first-order valence-electron chi connectivity index (χ1n) is 5.13. The summed E-state index contributed by atoms with van der Waals surface area (Å²) in [6, 6.07) is 2.57. The van der Waals surface area contributed by atoms with Gasteiger partial charge in [-0.3, -0.25) is 9.59 Å². The van der Waals surface area contributed by atoms with Gasteiger partial charge in [-0.15, -0.1) is 0 Å². The van der Waals surface area contributed by atoms with Crippen LogP contribution >= 0.6 is 23.2 Å². The first-order chi connectivity index (χ1) is 8.73. The molecular formula is C11H6Cl2F3NO2. The van der Waals surface area contributed by atoms with Crippen molar-refractivity contribution in [3.63, 3.8) is 0 Å². The van der Waals surface area contributed by atoms with Crippen molar-refractivity contribution >= 4 is 40.6 Å². The quantitative estimate of drug-likeness (QED) is 0.735. The number of benzene rings is 1. The standard InChI is InChI=1S/C11H6Cl2F3NO2/c12-6-2-1-5-7(18)3-4-17(9(5)8(6)13)10(19)11(14,15)16/h1-2H,3-4H2. The normalized spacial score (nSPS) is 15.4. The molecule has 0 bridgehead atoms. The Labute approximate surface area is 115 Å². The highest BCUT2D eigenvalue weighted by molar-refractivity contribution is 6.44. The molecule has 1 amide bonds. The van der Waals surface area contributed by atoms with Gasteiger partial charge in [0, 0.05) is 18.5 Å². The molecule has 0 aliphatic carbocycles. The highest BCUT2D eigenvalue weighted by Gasteiger charge is 2.45. The second-order valence-corrected chi connectivity index (χ2v) is 4.67. The smallest absolute Gasteiger partial charge is 0.302 e. The lowest BCUT2D eigenvalue weighted by molar-refractivity contribution is -0.170. The molecule has 0 fully saturated rings. The van der Waals surface area contributed by atoms with E-state index in [-0.39, 0.29) is 40.0 Å². The molecular weight excluding hydrogens is 306 g/mol. The summed E-state index contributed by atoms with van der Waals surface area (Å²) in [6.07, 6.45) is -5.23. The van der Waals surface area contributed by atoms with Crippen molar-refractivity contribution in [2.45, 2.75) is 12.6 Å². The van der Waals surface area contributed by atoms with Crippen LogP contribution in [0.4, 0.5) is 18.9 Å². The molecule has 1 aliphatic rings. The van der Waals surface area contributed by atoms with Crippen LogP contribution in [0.25, 0.3) is 0 Å². The number of alkyl halides is 3. The Morgan fingerprint density at radius 1 is 1.26 bits per heavy atom. The number of halogens is 5. The number of fused-ring (bicyclic) bond motifs is 1. The van der Waals surface area contributed by atoms with Gasteiger partial charge in [-0.25, -0.2) is 0 Å². The van der Waals surface area contributed by atoms with Crippen molar-refractivity contribution in [2.75, 3.05) is 11.4 Å². The van der Waals surface area contributed by atoms with E-state index >= 15 is 0 Å². The van der Waals surface area contributed by atoms with Gasteiger partial charge in [-0.1, -0.05) is 23.2 Å². The van der Waals surface area contributed by atoms with Crippen LogP contribution in [0.2, 0.25) is 10.0 Å². The zero-order valence-electron chi connectivity index (χ0n) is 9.22. The average molecular weight is 312 g/mol. The summed E-state index contributed by atoms with van der Waals surface area (Å²) in [5.74, 6) is -2.44. The Hall–Kier alpha value is -1.27. The van der Waals surface area contributed by atoms with E-state index in [4.69, 9.17) is 23.2 Å². The molecule has 1 aliphatic heterocycles. The van der Waals surface area contributed by atoms with E-state index in [1.54, 1.807) is 0 Å². The van der Waals surface area contributed by atoms with Gasteiger partial charge < -0.3 is 4.90 Å². The van der Waals surface area contributed by atoms with Crippen LogP contribution in [0.3, 0.4) is 0 Å². The summed E-state index contributed by atoms with van der Waals surface area (Å²) in [4.78, 5) is 23.4. The Balaban J connectivity index is 2.59. The molecule has 0 unspecified atom stereocenters. The van der Waals surface area contributed by atoms with Gasteiger partial charge in [0.15, 0.2) is 5.78 Å². The molecule has 1 aromatic rings. The summed E-state index contributed by atoms with van der Waals surface area (Å²) in [5, 5.41) is -0.250. The Bertz CT molecular complexity index is 572. The van der Waals surface area contributed by atoms with E-state index in [9.17, 15) is 22.8 Å². The number of Topliss-reactive ketones (excluding diaryl/α,β-unsaturated/α-hetero) is 1. The van der Waals surface area contributed by atoms with Gasteiger partial charge in [0.25, 0.3) is 0 Å². The zero-order chi connectivity index (χ0) is 14.4. The Kier molecular flexibility index (Phi) is 3.49. The molecule has 3 nitrogen and oxygen atoms in total. The number of amides is 1. The molecule has 0 aromatic heterocycles. The van der Waals surface area contributed by atoms with Gasteiger partial charge >= 0.3 is 12.1 Å². The highest BCUT2D eigenvalue weighted by atomic mass is 35.5. The maximum absolute atomic E-state index is 12.5. The third-order valence-corrected chi connectivity index (χ3v) is 3.48. The molecule has 0 spiro atoms. The lowest BCUT2D eigenvalue weighted by atomic mass is 10.00. The summed E-state index contributed by atoms with van der Waals surface area (Å²) < 4.78 is 37.5. The van der Waals surface area contributed by atoms with E-state index in [1.165, 1.54) is 12.1 Å². The summed E-state index contributed by atoms with van der Waals surface area (Å²) in [5.41, 5.74) is -0.300. The van der Waals surface area contributed by atoms with Crippen LogP contribution in [-0.4, -0.2) is 24.4 Å². The predicted octanol–water partition coefficient (Wildman–Crippen LogP) is 3.48. The summed E-state index contributed by atoms with van der Waals surface area (Å²) in [6.45, 7) is -0.371. The van der Waals surface area contributed by atoms with Crippen molar-refractivity contribution in [2.24, 2.45) is 0 Å². The maximum Gasteiger partial charge on any atom is 0.471 e. The molecule has 1 heterocycles. The minimum Gasteiger partial charge on any atom is -0.302 e. The first-order valence-corrected chi connectivity index (χ1v) is 5.89. The lowest BCUT2D eigenvalue weighted by Crippen LogP contribution is -2.45. The fourth-order valence-electron chi connectivity index (χ4n) is 1.84. The second-order valence-electron chi connectivity index (χ2n) is 3.89. The van der Waals surface area contributed by atoms with Gasteiger partial charge in [0.05, 0.1) is 15.7 Å². The fourth-order valence-corrected chi connectivity index (χ4v) is 2.26. The number of carbonyl (C=O) groups excluding carboxylic acids is 2. The average Bonchev–Trinajstić information content (AvgIpc) is 2.32. The number of carbonyl (C=O) groups is 2. The number of anilines is 1. The van der Waals surface area contributed by atoms with Crippen LogP contribution in [0, 0.1) is 0 Å². The molecule has 0 N–H and O–H groups in total. The van der Waals surface area contributed by atoms with Crippen molar-refractivity contribution < 1.29 is 22.8 Å². The molecule has 0 saturated heterocycles. The van der Waals surface area contributed by atoms with Crippen LogP contribution in [0.5, 0.6) is 0 Å². The second kappa shape index (κ2) is 4.68. The van der Waals surface area contributed by atoms with Crippen LogP contribution in [0.15, 0.2) is 12.1 Å². The van der Waals surface area contributed by atoms with Crippen LogP contribution in [0.1, 0.15) is 16.8 Å². The van der Waals surface area contributed by atoms with E-state index in [2.05, 4.69) is 0 Å². The fraction of sp³-hybridized carbons (Fsp3) is 0.273. The minimum absolute atomic E-state index is 0.0184. The number of hydrogen-bond acceptors (Lipinski definition) is 2. The minimum atomic E-state index is -5.04. The van der Waals surface area contributed by atoms with Gasteiger partial charge in [0.2, 0.25) is 0 Å². The SMILES string of the molecule is O=C1CCN(C(=O)C(F)(F)F)c2c1ccc(Cl)c2Cl. The van der Waals surface area contributed by atoms with Crippen LogP contribution < -0.4 is 4.90 Å². The van der Waals surface area contributed by atoms with Crippen molar-refractivity contribution in [3.05, 3.63) is 27.7 Å². The third kappa shape index (κ3) is 2.42. The zero-order valence-corrected chi connectivity index (χ0v) is 10.7. The summed E-state index contributed by atoms with van der Waals surface area (Å²) in [7, 11) is 0. The van der Waals surface area contributed by atoms with E-state index in [0.29, 0.717) is 4.90 Å². The molecule has 0 saturated carbocycles. The molecule has 8 heteroatoms.